The lowest BCUT2D eigenvalue weighted by Gasteiger charge is -2.47. The van der Waals surface area contributed by atoms with Gasteiger partial charge in [0.05, 0.1) is 10.9 Å². The molecule has 1 amide bonds. The average Bonchev–Trinajstić information content (AvgIpc) is 2.98. The van der Waals surface area contributed by atoms with Crippen LogP contribution in [0.4, 0.5) is 13.2 Å². The number of pyridine rings is 1. The minimum atomic E-state index is -5.08. The third kappa shape index (κ3) is 6.02. The largest absolute Gasteiger partial charge is 0.490 e. The second-order valence-corrected chi connectivity index (χ2v) is 7.92. The van der Waals surface area contributed by atoms with Crippen molar-refractivity contribution in [3.8, 4) is 5.75 Å². The monoisotopic (exact) mass is 406 g/mol. The molecule has 2 saturated heterocycles. The molecule has 2 aliphatic heterocycles. The first-order chi connectivity index (χ1) is 12.6. The second-order valence-electron chi connectivity index (χ2n) is 6.43. The molecule has 1 spiro atoms. The summed E-state index contributed by atoms with van der Waals surface area (Å²) < 4.78 is 37.9. The molecule has 0 aromatic carbocycles. The molecule has 0 aliphatic carbocycles. The predicted octanol–water partition coefficient (Wildman–Crippen LogP) is 2.98. The summed E-state index contributed by atoms with van der Waals surface area (Å²) >= 11 is 1.96. The number of nitrogens with zero attached hydrogens (tertiary/aromatic N) is 2. The molecule has 1 unspecified atom stereocenters. The van der Waals surface area contributed by atoms with Crippen LogP contribution in [0.5, 0.6) is 5.75 Å². The van der Waals surface area contributed by atoms with Gasteiger partial charge in [-0.1, -0.05) is 6.92 Å². The number of thioether (sulfide) groups is 1. The van der Waals surface area contributed by atoms with Gasteiger partial charge >= 0.3 is 12.1 Å². The highest BCUT2D eigenvalue weighted by Crippen LogP contribution is 2.46. The summed E-state index contributed by atoms with van der Waals surface area (Å²) in [5, 5.41) is 7.12. The Labute approximate surface area is 159 Å². The number of carboxylic acids is 1. The molecule has 6 nitrogen and oxygen atoms in total. The molecule has 150 valence electrons. The van der Waals surface area contributed by atoms with E-state index in [1.54, 1.807) is 12.4 Å². The molecule has 0 saturated carbocycles. The fourth-order valence-corrected chi connectivity index (χ4v) is 4.43. The topological polar surface area (TPSA) is 79.7 Å². The Balaban J connectivity index is 0.000000321. The summed E-state index contributed by atoms with van der Waals surface area (Å²) in [6.45, 7) is 3.84. The van der Waals surface area contributed by atoms with Crippen molar-refractivity contribution in [2.75, 3.05) is 18.8 Å². The lowest BCUT2D eigenvalue weighted by molar-refractivity contribution is -0.192. The van der Waals surface area contributed by atoms with Gasteiger partial charge in [0.2, 0.25) is 5.91 Å². The number of aliphatic carboxylic acids is 1. The molecule has 1 aromatic heterocycles. The molecule has 3 rings (SSSR count). The van der Waals surface area contributed by atoms with E-state index in [4.69, 9.17) is 14.6 Å². The lowest BCUT2D eigenvalue weighted by Crippen LogP contribution is -2.60. The number of carboxylic acid groups (broad SMARTS) is 1. The predicted molar refractivity (Wildman–Crippen MR) is 93.6 cm³/mol. The van der Waals surface area contributed by atoms with Crippen molar-refractivity contribution in [3.05, 3.63) is 24.5 Å². The quantitative estimate of drug-likeness (QED) is 0.828. The average molecular weight is 406 g/mol. The van der Waals surface area contributed by atoms with Gasteiger partial charge in [-0.05, 0) is 18.6 Å². The molecule has 27 heavy (non-hydrogen) atoms. The van der Waals surface area contributed by atoms with Gasteiger partial charge in [-0.15, -0.1) is 11.8 Å². The van der Waals surface area contributed by atoms with Crippen LogP contribution in [0.2, 0.25) is 0 Å². The van der Waals surface area contributed by atoms with E-state index in [1.165, 1.54) is 0 Å². The Morgan fingerprint density at radius 3 is 2.63 bits per heavy atom. The molecule has 0 bridgehead atoms. The van der Waals surface area contributed by atoms with Gasteiger partial charge in [-0.2, -0.15) is 13.2 Å². The molecule has 0 radical (unpaired) electrons. The maximum atomic E-state index is 11.8. The Morgan fingerprint density at radius 2 is 2.11 bits per heavy atom. The Morgan fingerprint density at radius 1 is 1.44 bits per heavy atom. The number of carbonyl (C=O) groups excluding carboxylic acids is 1. The van der Waals surface area contributed by atoms with E-state index in [1.807, 2.05) is 28.8 Å². The molecule has 3 heterocycles. The maximum absolute atomic E-state index is 11.8. The number of rotatable bonds is 4. The second kappa shape index (κ2) is 8.81. The Bertz CT molecular complexity index is 651. The van der Waals surface area contributed by atoms with Gasteiger partial charge in [0.25, 0.3) is 0 Å². The van der Waals surface area contributed by atoms with Crippen molar-refractivity contribution in [1.29, 1.82) is 0 Å². The maximum Gasteiger partial charge on any atom is 0.490 e. The minimum Gasteiger partial charge on any atom is -0.488 e. The van der Waals surface area contributed by atoms with Gasteiger partial charge in [0.15, 0.2) is 0 Å². The Kier molecular flexibility index (Phi) is 6.96. The molecule has 2 aliphatic rings. The third-order valence-electron chi connectivity index (χ3n) is 4.13. The van der Waals surface area contributed by atoms with Gasteiger partial charge in [0.1, 0.15) is 11.9 Å². The van der Waals surface area contributed by atoms with Crippen LogP contribution in [-0.4, -0.2) is 62.7 Å². The third-order valence-corrected chi connectivity index (χ3v) is 5.71. The van der Waals surface area contributed by atoms with Crippen LogP contribution < -0.4 is 4.74 Å². The highest BCUT2D eigenvalue weighted by molar-refractivity contribution is 8.01. The molecule has 1 N–H and O–H groups in total. The first kappa shape index (κ1) is 21.3. The zero-order chi connectivity index (χ0) is 20.1. The fraction of sp³-hybridized carbons (Fsp3) is 0.588. The molecule has 2 fully saturated rings. The number of aromatic nitrogens is 1. The van der Waals surface area contributed by atoms with Gasteiger partial charge < -0.3 is 14.7 Å². The smallest absolute Gasteiger partial charge is 0.488 e. The summed E-state index contributed by atoms with van der Waals surface area (Å²) in [4.78, 5) is 26.8. The number of hydrogen-bond acceptors (Lipinski definition) is 5. The zero-order valence-electron chi connectivity index (χ0n) is 14.7. The van der Waals surface area contributed by atoms with Crippen LogP contribution in [0.3, 0.4) is 0 Å². The lowest BCUT2D eigenvalue weighted by atomic mass is 9.92. The number of ether oxygens (including phenoxy) is 1. The van der Waals surface area contributed by atoms with Crippen molar-refractivity contribution in [1.82, 2.24) is 9.88 Å². The van der Waals surface area contributed by atoms with Crippen LogP contribution in [-0.2, 0) is 9.59 Å². The summed E-state index contributed by atoms with van der Waals surface area (Å²) in [6, 6.07) is 3.84. The first-order valence-electron chi connectivity index (χ1n) is 8.44. The summed E-state index contributed by atoms with van der Waals surface area (Å²) in [7, 11) is 0. The van der Waals surface area contributed by atoms with Crippen LogP contribution in [0, 0.1) is 0 Å². The van der Waals surface area contributed by atoms with E-state index in [2.05, 4.69) is 11.9 Å². The first-order valence-corrected chi connectivity index (χ1v) is 9.42. The summed E-state index contributed by atoms with van der Waals surface area (Å²) in [6.07, 6.45) is 1.31. The van der Waals surface area contributed by atoms with Gasteiger partial charge in [-0.25, -0.2) is 4.79 Å². The molecule has 1 atom stereocenters. The SMILES string of the molecule is CCCC(=O)N1CC2(CC(Oc3cccnc3)CS2)C1.O=C(O)C(F)(F)F. The van der Waals surface area contributed by atoms with E-state index in [9.17, 15) is 18.0 Å². The van der Waals surface area contributed by atoms with E-state index < -0.39 is 12.1 Å². The minimum absolute atomic E-state index is 0.243. The highest BCUT2D eigenvalue weighted by Gasteiger charge is 2.51. The normalized spacial score (nSPS) is 20.4. The van der Waals surface area contributed by atoms with Crippen molar-refractivity contribution < 1.29 is 32.6 Å². The number of hydrogen-bond donors (Lipinski definition) is 1. The standard InChI is InChI=1S/C15H20N2O2S.C2HF3O2/c1-2-4-14(18)17-10-15(11-17)7-13(9-20-15)19-12-5-3-6-16-8-12;3-2(4,5)1(6)7/h3,5-6,8,13H,2,4,7,9-11H2,1H3;(H,6,7). The zero-order valence-corrected chi connectivity index (χ0v) is 15.6. The van der Waals surface area contributed by atoms with Crippen LogP contribution in [0.1, 0.15) is 26.2 Å². The molecular weight excluding hydrogens is 385 g/mol. The van der Waals surface area contributed by atoms with Crippen LogP contribution in [0.15, 0.2) is 24.5 Å². The van der Waals surface area contributed by atoms with Crippen LogP contribution in [0.25, 0.3) is 0 Å². The van der Waals surface area contributed by atoms with E-state index in [-0.39, 0.29) is 10.9 Å². The molecule has 10 heteroatoms. The summed E-state index contributed by atoms with van der Waals surface area (Å²) in [5.41, 5.74) is 0. The molecular formula is C17H21F3N2O4S. The van der Waals surface area contributed by atoms with Crippen molar-refractivity contribution in [2.24, 2.45) is 0 Å². The van der Waals surface area contributed by atoms with Crippen molar-refractivity contribution >= 4 is 23.6 Å². The van der Waals surface area contributed by atoms with E-state index in [0.717, 1.165) is 37.4 Å². The number of halogens is 3. The van der Waals surface area contributed by atoms with Crippen molar-refractivity contribution in [3.63, 3.8) is 0 Å². The number of carbonyl (C=O) groups is 2. The Hall–Kier alpha value is -1.97. The van der Waals surface area contributed by atoms with Gasteiger partial charge in [-0.3, -0.25) is 9.78 Å². The van der Waals surface area contributed by atoms with Crippen molar-refractivity contribution in [2.45, 2.75) is 43.2 Å². The fourth-order valence-electron chi connectivity index (χ4n) is 2.91. The number of alkyl halides is 3. The number of likely N-dealkylation sites (tertiary alicyclic amines) is 1. The summed E-state index contributed by atoms with van der Waals surface area (Å²) in [5.74, 6) is -0.610. The van der Waals surface area contributed by atoms with Crippen LogP contribution >= 0.6 is 11.8 Å². The van der Waals surface area contributed by atoms with E-state index >= 15 is 0 Å². The van der Waals surface area contributed by atoms with E-state index in [0.29, 0.717) is 12.3 Å². The number of amides is 1. The molecule has 1 aromatic rings. The van der Waals surface area contributed by atoms with Gasteiger partial charge in [0, 0.05) is 37.9 Å². The highest BCUT2D eigenvalue weighted by atomic mass is 32.2.